The number of rotatable bonds is 4. The molecule has 0 radical (unpaired) electrons. The molecule has 18 heavy (non-hydrogen) atoms. The number of anilines is 2. The van der Waals surface area contributed by atoms with Crippen molar-refractivity contribution in [1.29, 1.82) is 0 Å². The smallest absolute Gasteiger partial charge is 0.137 e. The van der Waals surface area contributed by atoms with E-state index in [2.05, 4.69) is 9.97 Å². The summed E-state index contributed by atoms with van der Waals surface area (Å²) < 4.78 is 5.38. The molecule has 0 saturated heterocycles. The number of hydrogen-bond donors (Lipinski definition) is 2. The van der Waals surface area contributed by atoms with Gasteiger partial charge in [-0.15, -0.1) is 0 Å². The number of aromatic nitrogens is 2. The van der Waals surface area contributed by atoms with Crippen molar-refractivity contribution in [2.45, 2.75) is 13.3 Å². The third kappa shape index (κ3) is 3.10. The summed E-state index contributed by atoms with van der Waals surface area (Å²) in [5.41, 5.74) is 12.3. The van der Waals surface area contributed by atoms with E-state index in [4.69, 9.17) is 16.2 Å². The van der Waals surface area contributed by atoms with Crippen LogP contribution in [0.2, 0.25) is 0 Å². The van der Waals surface area contributed by atoms with Crippen molar-refractivity contribution >= 4 is 11.6 Å². The van der Waals surface area contributed by atoms with Crippen LogP contribution >= 0.6 is 0 Å². The number of nitrogens with zero attached hydrogens (tertiary/aromatic N) is 2. The minimum Gasteiger partial charge on any atom is -0.494 e. The van der Waals surface area contributed by atoms with Crippen LogP contribution in [0, 0.1) is 0 Å². The van der Waals surface area contributed by atoms with E-state index < -0.39 is 0 Å². The second-order valence-electron chi connectivity index (χ2n) is 3.89. The van der Waals surface area contributed by atoms with Crippen LogP contribution in [0.4, 0.5) is 11.6 Å². The molecule has 0 spiro atoms. The van der Waals surface area contributed by atoms with Crippen LogP contribution in [-0.4, -0.2) is 16.6 Å². The quantitative estimate of drug-likeness (QED) is 0.853. The van der Waals surface area contributed by atoms with Gasteiger partial charge in [0.15, 0.2) is 0 Å². The zero-order valence-electron chi connectivity index (χ0n) is 10.3. The number of nitrogen functional groups attached to an aromatic ring is 2. The third-order valence-electron chi connectivity index (χ3n) is 2.41. The van der Waals surface area contributed by atoms with E-state index >= 15 is 0 Å². The van der Waals surface area contributed by atoms with Crippen molar-refractivity contribution in [2.75, 3.05) is 18.1 Å². The van der Waals surface area contributed by atoms with Crippen LogP contribution in [0.15, 0.2) is 30.3 Å². The van der Waals surface area contributed by atoms with Gasteiger partial charge in [0.1, 0.15) is 23.2 Å². The molecule has 0 aliphatic carbocycles. The van der Waals surface area contributed by atoms with Crippen molar-refractivity contribution in [3.8, 4) is 5.75 Å². The summed E-state index contributed by atoms with van der Waals surface area (Å²) in [6, 6.07) is 9.35. The molecule has 1 aromatic heterocycles. The maximum atomic E-state index is 5.63. The van der Waals surface area contributed by atoms with Crippen molar-refractivity contribution in [2.24, 2.45) is 0 Å². The van der Waals surface area contributed by atoms with Gasteiger partial charge in [0.2, 0.25) is 0 Å². The lowest BCUT2D eigenvalue weighted by molar-refractivity contribution is 0.340. The summed E-state index contributed by atoms with van der Waals surface area (Å²) in [6.45, 7) is 2.62. The molecule has 5 heteroatoms. The highest BCUT2D eigenvalue weighted by atomic mass is 16.5. The largest absolute Gasteiger partial charge is 0.494 e. The highest BCUT2D eigenvalue weighted by Crippen LogP contribution is 2.15. The number of ether oxygens (including phenoxy) is 1. The lowest BCUT2D eigenvalue weighted by Gasteiger charge is -2.05. The summed E-state index contributed by atoms with van der Waals surface area (Å²) in [5.74, 6) is 2.26. The van der Waals surface area contributed by atoms with E-state index in [1.54, 1.807) is 6.07 Å². The first-order valence-electron chi connectivity index (χ1n) is 5.78. The summed E-state index contributed by atoms with van der Waals surface area (Å²) >= 11 is 0. The van der Waals surface area contributed by atoms with E-state index in [1.807, 2.05) is 31.2 Å². The average molecular weight is 244 g/mol. The van der Waals surface area contributed by atoms with Gasteiger partial charge in [-0.1, -0.05) is 12.1 Å². The monoisotopic (exact) mass is 244 g/mol. The van der Waals surface area contributed by atoms with Crippen molar-refractivity contribution in [1.82, 2.24) is 9.97 Å². The maximum Gasteiger partial charge on any atom is 0.137 e. The van der Waals surface area contributed by atoms with Gasteiger partial charge in [0.05, 0.1) is 6.61 Å². The number of hydrogen-bond acceptors (Lipinski definition) is 5. The maximum absolute atomic E-state index is 5.63. The van der Waals surface area contributed by atoms with Gasteiger partial charge in [-0.2, -0.15) is 0 Å². The fourth-order valence-corrected chi connectivity index (χ4v) is 1.67. The van der Waals surface area contributed by atoms with Crippen molar-refractivity contribution in [3.05, 3.63) is 41.7 Å². The van der Waals surface area contributed by atoms with E-state index in [0.717, 1.165) is 11.3 Å². The molecule has 0 saturated carbocycles. The molecule has 0 aliphatic rings. The Bertz CT molecular complexity index is 505. The molecule has 4 N–H and O–H groups in total. The molecule has 0 fully saturated rings. The first kappa shape index (κ1) is 12.2. The van der Waals surface area contributed by atoms with E-state index in [0.29, 0.717) is 30.5 Å². The summed E-state index contributed by atoms with van der Waals surface area (Å²) in [7, 11) is 0. The van der Waals surface area contributed by atoms with Crippen molar-refractivity contribution < 1.29 is 4.74 Å². The lowest BCUT2D eigenvalue weighted by Crippen LogP contribution is -2.03. The minimum absolute atomic E-state index is 0.392. The molecule has 0 aliphatic heterocycles. The van der Waals surface area contributed by atoms with Crippen LogP contribution in [0.25, 0.3) is 0 Å². The summed E-state index contributed by atoms with van der Waals surface area (Å²) in [5, 5.41) is 0. The molecule has 0 unspecified atom stereocenters. The molecule has 2 rings (SSSR count). The molecule has 1 heterocycles. The predicted molar refractivity (Wildman–Crippen MR) is 71.3 cm³/mol. The van der Waals surface area contributed by atoms with Crippen molar-refractivity contribution in [3.63, 3.8) is 0 Å². The Morgan fingerprint density at radius 3 is 2.22 bits per heavy atom. The van der Waals surface area contributed by atoms with Gasteiger partial charge in [-0.05, 0) is 24.6 Å². The molecule has 0 atom stereocenters. The third-order valence-corrected chi connectivity index (χ3v) is 2.41. The molecule has 0 bridgehead atoms. The Labute approximate surface area is 106 Å². The fourth-order valence-electron chi connectivity index (χ4n) is 1.67. The van der Waals surface area contributed by atoms with Gasteiger partial charge in [0.25, 0.3) is 0 Å². The molecule has 2 aromatic rings. The number of benzene rings is 1. The SMILES string of the molecule is CCOc1ccc(Cc2nc(N)cc(N)n2)cc1. The van der Waals surface area contributed by atoms with Gasteiger partial charge in [-0.25, -0.2) is 9.97 Å². The van der Waals surface area contributed by atoms with Gasteiger partial charge >= 0.3 is 0 Å². The van der Waals surface area contributed by atoms with Gasteiger partial charge in [0, 0.05) is 12.5 Å². The molecular weight excluding hydrogens is 228 g/mol. The Hall–Kier alpha value is -2.30. The first-order valence-corrected chi connectivity index (χ1v) is 5.78. The van der Waals surface area contributed by atoms with Crippen LogP contribution in [0.1, 0.15) is 18.3 Å². The summed E-state index contributed by atoms with van der Waals surface area (Å²) in [4.78, 5) is 8.29. The topological polar surface area (TPSA) is 87.0 Å². The molecule has 0 amide bonds. The summed E-state index contributed by atoms with van der Waals surface area (Å²) in [6.07, 6.45) is 0.599. The highest BCUT2D eigenvalue weighted by molar-refractivity contribution is 5.41. The van der Waals surface area contributed by atoms with Gasteiger partial charge in [-0.3, -0.25) is 0 Å². The van der Waals surface area contributed by atoms with Crippen LogP contribution in [0.5, 0.6) is 5.75 Å². The number of nitrogens with two attached hydrogens (primary N) is 2. The van der Waals surface area contributed by atoms with Crippen LogP contribution in [-0.2, 0) is 6.42 Å². The second-order valence-corrected chi connectivity index (χ2v) is 3.89. The van der Waals surface area contributed by atoms with E-state index in [1.165, 1.54) is 0 Å². The molecule has 1 aromatic carbocycles. The standard InChI is InChI=1S/C13H16N4O/c1-2-18-10-5-3-9(4-6-10)7-13-16-11(14)8-12(15)17-13/h3-6,8H,2,7H2,1H3,(H4,14,15,16,17). The Morgan fingerprint density at radius 1 is 1.06 bits per heavy atom. The zero-order chi connectivity index (χ0) is 13.0. The Balaban J connectivity index is 2.13. The molecule has 94 valence electrons. The Kier molecular flexibility index (Phi) is 3.62. The van der Waals surface area contributed by atoms with E-state index in [-0.39, 0.29) is 0 Å². The molecular formula is C13H16N4O. The van der Waals surface area contributed by atoms with Crippen LogP contribution < -0.4 is 16.2 Å². The minimum atomic E-state index is 0.392. The fraction of sp³-hybridized carbons (Fsp3) is 0.231. The van der Waals surface area contributed by atoms with E-state index in [9.17, 15) is 0 Å². The zero-order valence-corrected chi connectivity index (χ0v) is 10.3. The average Bonchev–Trinajstić information content (AvgIpc) is 2.31. The first-order chi connectivity index (χ1) is 8.67. The lowest BCUT2D eigenvalue weighted by atomic mass is 10.1. The van der Waals surface area contributed by atoms with Gasteiger partial charge < -0.3 is 16.2 Å². The highest BCUT2D eigenvalue weighted by Gasteiger charge is 2.02. The predicted octanol–water partition coefficient (Wildman–Crippen LogP) is 1.63. The molecule has 5 nitrogen and oxygen atoms in total. The normalized spacial score (nSPS) is 10.3. The Morgan fingerprint density at radius 2 is 1.67 bits per heavy atom. The second kappa shape index (κ2) is 5.35. The van der Waals surface area contributed by atoms with Crippen LogP contribution in [0.3, 0.4) is 0 Å².